The van der Waals surface area contributed by atoms with Crippen molar-refractivity contribution in [2.24, 2.45) is 0 Å². The zero-order chi connectivity index (χ0) is 32.7. The summed E-state index contributed by atoms with van der Waals surface area (Å²) in [6.45, 7) is 0. The van der Waals surface area contributed by atoms with Gasteiger partial charge in [-0.1, -0.05) is 0 Å². The van der Waals surface area contributed by atoms with Crippen LogP contribution in [0.5, 0.6) is 0 Å². The second-order valence-corrected chi connectivity index (χ2v) is 11.6. The van der Waals surface area contributed by atoms with Crippen molar-refractivity contribution in [3.05, 3.63) is 0 Å². The Kier molecular flexibility index (Phi) is 8.87. The Labute approximate surface area is 201 Å². The predicted octanol–water partition coefficient (Wildman–Crippen LogP) is 8.46. The van der Waals surface area contributed by atoms with Crippen LogP contribution in [0, 0.1) is 0 Å². The third kappa shape index (κ3) is 4.96. The van der Waals surface area contributed by atoms with Crippen LogP contribution >= 0.6 is 0 Å². The molecule has 0 heterocycles. The molecule has 39 heavy (non-hydrogen) atoms. The number of halogens is 26. The maximum absolute atomic E-state index is 13.5. The van der Waals surface area contributed by atoms with Crippen LogP contribution in [0.4, 0.5) is 114 Å². The zero-order valence-electron chi connectivity index (χ0n) is 16.5. The minimum atomic E-state index is -8.92. The van der Waals surface area contributed by atoms with Crippen LogP contribution in [-0.4, -0.2) is 68.8 Å². The van der Waals surface area contributed by atoms with Gasteiger partial charge in [0.15, 0.2) is 0 Å². The predicted molar refractivity (Wildman–Crippen MR) is 61.6 cm³/mol. The summed E-state index contributed by atoms with van der Waals surface area (Å²) in [6.07, 6.45) is -16.1. The molecule has 0 saturated heterocycles. The number of hydrogen-bond donors (Lipinski definition) is 0. The van der Waals surface area contributed by atoms with E-state index < -0.39 is 85.9 Å². The Hall–Kier alpha value is -1.20. The average molecular weight is 703 g/mol. The molecule has 0 atom stereocenters. The molecule has 0 aromatic carbocycles. The van der Waals surface area contributed by atoms with E-state index in [1.807, 2.05) is 0 Å². The van der Waals surface area contributed by atoms with Gasteiger partial charge in [-0.15, -0.1) is 0 Å². The summed E-state index contributed by atoms with van der Waals surface area (Å²) >= 11 is -8.03. The van der Waals surface area contributed by atoms with Gasteiger partial charge in [0.05, 0.1) is 0 Å². The van der Waals surface area contributed by atoms with Crippen molar-refractivity contribution in [2.45, 2.75) is 68.8 Å². The summed E-state index contributed by atoms with van der Waals surface area (Å²) in [6, 6.07) is 0. The van der Waals surface area contributed by atoms with Crippen LogP contribution < -0.4 is 0 Å². The van der Waals surface area contributed by atoms with Gasteiger partial charge >= 0.3 is 200 Å². The minimum absolute atomic E-state index is 8.03. The Morgan fingerprint density at radius 2 is 0.359 bits per heavy atom. The fourth-order valence-corrected chi connectivity index (χ4v) is 5.14. The van der Waals surface area contributed by atoms with Gasteiger partial charge in [-0.25, -0.2) is 0 Å². The molecule has 0 N–H and O–H groups in total. The van der Waals surface area contributed by atoms with Gasteiger partial charge in [0, 0.05) is 0 Å². The van der Waals surface area contributed by atoms with E-state index in [-0.39, 0.29) is 0 Å². The molecule has 0 aliphatic rings. The molecule has 0 amide bonds. The summed E-state index contributed by atoms with van der Waals surface area (Å²) in [5.41, 5.74) is 0. The van der Waals surface area contributed by atoms with Crippen molar-refractivity contribution in [3.63, 3.8) is 0 Å². The van der Waals surface area contributed by atoms with Crippen molar-refractivity contribution >= 4 is 0 Å². The Bertz CT molecular complexity index is 814. The van der Waals surface area contributed by atoms with Gasteiger partial charge in [0.1, 0.15) is 0 Å². The molecular weight excluding hydrogens is 703 g/mol. The van der Waals surface area contributed by atoms with E-state index in [4.69, 9.17) is 0 Å². The van der Waals surface area contributed by atoms with Crippen LogP contribution in [-0.2, 0) is 17.1 Å². The summed E-state index contributed by atoms with van der Waals surface area (Å²) < 4.78 is 318. The molecule has 0 aromatic heterocycles. The molecular formula is C12F26Zn. The molecule has 0 aliphatic heterocycles. The number of alkyl halides is 26. The van der Waals surface area contributed by atoms with E-state index in [9.17, 15) is 114 Å². The van der Waals surface area contributed by atoms with Gasteiger partial charge in [0.25, 0.3) is 0 Å². The number of hydrogen-bond acceptors (Lipinski definition) is 0. The number of rotatable bonds is 10. The average Bonchev–Trinajstić information content (AvgIpc) is 2.63. The van der Waals surface area contributed by atoms with Gasteiger partial charge in [0.2, 0.25) is 0 Å². The van der Waals surface area contributed by atoms with E-state index in [1.54, 1.807) is 0 Å². The SMILES string of the molecule is FC(F)(F)C(F)(F)C(F)(F)C(F)(F)C(F)(F)[C](F)(F)[Zn][C](F)(F)C(F)(F)C(F)(F)C(F)(F)C(F)(F)C(F)(F)F. The summed E-state index contributed by atoms with van der Waals surface area (Å²) in [5, 5.41) is 0. The molecule has 27 heteroatoms. The first-order valence-electron chi connectivity index (χ1n) is 8.12. The molecule has 0 bridgehead atoms. The first-order chi connectivity index (χ1) is 16.2. The molecule has 0 radical (unpaired) electrons. The molecule has 0 spiro atoms. The summed E-state index contributed by atoms with van der Waals surface area (Å²) in [7, 11) is 0. The van der Waals surface area contributed by atoms with E-state index in [2.05, 4.69) is 0 Å². The van der Waals surface area contributed by atoms with Gasteiger partial charge < -0.3 is 0 Å². The molecule has 0 rings (SSSR count). The van der Waals surface area contributed by atoms with E-state index in [1.165, 1.54) is 0 Å². The molecule has 0 saturated carbocycles. The monoisotopic (exact) mass is 702 g/mol. The molecule has 0 aliphatic carbocycles. The Morgan fingerprint density at radius 1 is 0.205 bits per heavy atom. The first kappa shape index (κ1) is 37.8. The van der Waals surface area contributed by atoms with Crippen molar-refractivity contribution in [1.82, 2.24) is 0 Å². The zero-order valence-corrected chi connectivity index (χ0v) is 19.5. The van der Waals surface area contributed by atoms with Crippen molar-refractivity contribution in [3.8, 4) is 0 Å². The fraction of sp³-hybridized carbons (Fsp3) is 1.00. The fourth-order valence-electron chi connectivity index (χ4n) is 2.10. The molecule has 0 nitrogen and oxygen atoms in total. The van der Waals surface area contributed by atoms with Crippen molar-refractivity contribution in [2.75, 3.05) is 0 Å². The van der Waals surface area contributed by atoms with E-state index in [0.717, 1.165) is 0 Å². The molecule has 0 unspecified atom stereocenters. The van der Waals surface area contributed by atoms with Crippen LogP contribution in [0.25, 0.3) is 0 Å². The molecule has 0 fully saturated rings. The quantitative estimate of drug-likeness (QED) is 0.158. The van der Waals surface area contributed by atoms with E-state index in [0.29, 0.717) is 0 Å². The second kappa shape index (κ2) is 9.15. The first-order valence-corrected chi connectivity index (χ1v) is 11.1. The Balaban J connectivity index is 6.90. The third-order valence-electron chi connectivity index (χ3n) is 4.44. The van der Waals surface area contributed by atoms with Crippen LogP contribution in [0.1, 0.15) is 0 Å². The topological polar surface area (TPSA) is 0 Å². The summed E-state index contributed by atoms with van der Waals surface area (Å²) in [5.74, 6) is -69.9. The van der Waals surface area contributed by atoms with Crippen molar-refractivity contribution in [1.29, 1.82) is 0 Å². The standard InChI is InChI=1S/2C6F13.Zn/c2*7-1(8)2(9,10)3(11,12)4(13,14)5(15,16)6(17,18)19;. The Morgan fingerprint density at radius 3 is 0.513 bits per heavy atom. The van der Waals surface area contributed by atoms with Crippen molar-refractivity contribution < 1.29 is 131 Å². The second-order valence-electron chi connectivity index (χ2n) is 7.18. The van der Waals surface area contributed by atoms with Crippen LogP contribution in [0.2, 0.25) is 0 Å². The maximum atomic E-state index is 13.5. The normalized spacial score (nSPS) is 16.9. The third-order valence-corrected chi connectivity index (χ3v) is 8.17. The van der Waals surface area contributed by atoms with Gasteiger partial charge in [-0.05, 0) is 0 Å². The molecule has 0 aromatic rings. The van der Waals surface area contributed by atoms with Crippen LogP contribution in [0.15, 0.2) is 0 Å². The summed E-state index contributed by atoms with van der Waals surface area (Å²) in [4.78, 5) is 0. The van der Waals surface area contributed by atoms with E-state index >= 15 is 0 Å². The van der Waals surface area contributed by atoms with Gasteiger partial charge in [-0.3, -0.25) is 0 Å². The van der Waals surface area contributed by atoms with Gasteiger partial charge in [-0.2, -0.15) is 0 Å². The molecule has 232 valence electrons. The van der Waals surface area contributed by atoms with Crippen LogP contribution in [0.3, 0.4) is 0 Å².